The van der Waals surface area contributed by atoms with E-state index >= 15 is 0 Å². The quantitative estimate of drug-likeness (QED) is 0.900. The van der Waals surface area contributed by atoms with Crippen molar-refractivity contribution in [3.05, 3.63) is 35.4 Å². The van der Waals surface area contributed by atoms with E-state index < -0.39 is 12.1 Å². The maximum absolute atomic E-state index is 12.7. The molecule has 1 unspecified atom stereocenters. The van der Waals surface area contributed by atoms with Gasteiger partial charge in [-0.1, -0.05) is 24.3 Å². The first kappa shape index (κ1) is 13.4. The molecule has 0 fully saturated rings. The van der Waals surface area contributed by atoms with Gasteiger partial charge >= 0.3 is 6.18 Å². The van der Waals surface area contributed by atoms with Crippen LogP contribution in [0, 0.1) is 5.92 Å². The van der Waals surface area contributed by atoms with E-state index in [-0.39, 0.29) is 13.1 Å². The molecule has 2 N–H and O–H groups in total. The smallest absolute Gasteiger partial charge is 0.330 e. The van der Waals surface area contributed by atoms with E-state index in [9.17, 15) is 13.2 Å². The van der Waals surface area contributed by atoms with E-state index in [1.54, 1.807) is 0 Å². The van der Waals surface area contributed by atoms with E-state index in [2.05, 4.69) is 0 Å². The molecule has 0 amide bonds. The molecule has 0 bridgehead atoms. The number of nitrogens with zero attached hydrogens (tertiary/aromatic N) is 1. The second-order valence-electron chi connectivity index (χ2n) is 4.73. The Morgan fingerprint density at radius 1 is 1.22 bits per heavy atom. The highest BCUT2D eigenvalue weighted by molar-refractivity contribution is 5.29. The molecule has 18 heavy (non-hydrogen) atoms. The fourth-order valence-corrected chi connectivity index (χ4v) is 2.33. The average Bonchev–Trinajstić information content (AvgIpc) is 2.34. The van der Waals surface area contributed by atoms with E-state index in [1.807, 2.05) is 29.2 Å². The average molecular weight is 258 g/mol. The van der Waals surface area contributed by atoms with E-state index in [1.165, 1.54) is 5.56 Å². The van der Waals surface area contributed by atoms with Crippen LogP contribution >= 0.6 is 0 Å². The van der Waals surface area contributed by atoms with Gasteiger partial charge in [0.05, 0.1) is 5.92 Å². The van der Waals surface area contributed by atoms with Gasteiger partial charge in [0.2, 0.25) is 0 Å². The van der Waals surface area contributed by atoms with Gasteiger partial charge in [-0.25, -0.2) is 0 Å². The van der Waals surface area contributed by atoms with Crippen molar-refractivity contribution < 1.29 is 13.2 Å². The molecule has 2 nitrogen and oxygen atoms in total. The van der Waals surface area contributed by atoms with Crippen molar-refractivity contribution in [1.29, 1.82) is 0 Å². The van der Waals surface area contributed by atoms with Crippen LogP contribution < -0.4 is 5.73 Å². The number of fused-ring (bicyclic) bond motifs is 1. The number of halogens is 3. The first-order valence-electron chi connectivity index (χ1n) is 6.06. The third-order valence-electron chi connectivity index (χ3n) is 3.44. The lowest BCUT2D eigenvalue weighted by Gasteiger charge is -2.32. The molecule has 1 atom stereocenters. The molecule has 100 valence electrons. The lowest BCUT2D eigenvalue weighted by atomic mass is 9.98. The van der Waals surface area contributed by atoms with E-state index in [0.29, 0.717) is 13.1 Å². The largest absolute Gasteiger partial charge is 0.394 e. The predicted octanol–water partition coefficient (Wildman–Crippen LogP) is 2.18. The first-order chi connectivity index (χ1) is 8.50. The number of hydrogen-bond acceptors (Lipinski definition) is 2. The highest BCUT2D eigenvalue weighted by Gasteiger charge is 2.39. The summed E-state index contributed by atoms with van der Waals surface area (Å²) in [6.45, 7) is 0.905. The third-order valence-corrected chi connectivity index (χ3v) is 3.44. The molecule has 5 heteroatoms. The number of alkyl halides is 3. The lowest BCUT2D eigenvalue weighted by molar-refractivity contribution is -0.176. The molecular formula is C13H17F3N2. The van der Waals surface area contributed by atoms with Gasteiger partial charge in [0.1, 0.15) is 0 Å². The minimum atomic E-state index is -4.20. The van der Waals surface area contributed by atoms with Crippen LogP contribution in [0.15, 0.2) is 24.3 Å². The summed E-state index contributed by atoms with van der Waals surface area (Å²) >= 11 is 0. The van der Waals surface area contributed by atoms with Gasteiger partial charge in [-0.05, 0) is 17.5 Å². The summed E-state index contributed by atoms with van der Waals surface area (Å²) in [6.07, 6.45) is -3.39. The zero-order valence-corrected chi connectivity index (χ0v) is 10.1. The minimum absolute atomic E-state index is 0.00562. The van der Waals surface area contributed by atoms with Crippen molar-refractivity contribution in [3.63, 3.8) is 0 Å². The minimum Gasteiger partial charge on any atom is -0.330 e. The topological polar surface area (TPSA) is 29.3 Å². The summed E-state index contributed by atoms with van der Waals surface area (Å²) in [5.74, 6) is -1.43. The van der Waals surface area contributed by atoms with Gasteiger partial charge in [0.25, 0.3) is 0 Å². The SMILES string of the molecule is NCC(CN1CCc2ccccc2C1)C(F)(F)F. The molecule has 2 rings (SSSR count). The Kier molecular flexibility index (Phi) is 3.92. The van der Waals surface area contributed by atoms with Crippen LogP contribution in [0.2, 0.25) is 0 Å². The van der Waals surface area contributed by atoms with Gasteiger partial charge in [-0.3, -0.25) is 4.90 Å². The second-order valence-corrected chi connectivity index (χ2v) is 4.73. The van der Waals surface area contributed by atoms with Crippen molar-refractivity contribution in [2.75, 3.05) is 19.6 Å². The monoisotopic (exact) mass is 258 g/mol. The van der Waals surface area contributed by atoms with Crippen LogP contribution in [-0.2, 0) is 13.0 Å². The molecule has 1 aliphatic rings. The second kappa shape index (κ2) is 5.28. The molecule has 0 saturated heterocycles. The molecule has 0 spiro atoms. The van der Waals surface area contributed by atoms with Gasteiger partial charge in [-0.2, -0.15) is 13.2 Å². The third kappa shape index (κ3) is 3.03. The molecule has 0 aliphatic carbocycles. The zero-order valence-electron chi connectivity index (χ0n) is 10.1. The van der Waals surface area contributed by atoms with Gasteiger partial charge < -0.3 is 5.73 Å². The van der Waals surface area contributed by atoms with Crippen LogP contribution in [0.3, 0.4) is 0 Å². The summed E-state index contributed by atoms with van der Waals surface area (Å²) in [4.78, 5) is 1.84. The molecule has 1 heterocycles. The first-order valence-corrected chi connectivity index (χ1v) is 6.06. The Labute approximate surface area is 105 Å². The Balaban J connectivity index is 2.01. The predicted molar refractivity (Wildman–Crippen MR) is 64.0 cm³/mol. The molecule has 0 saturated carbocycles. The van der Waals surface area contributed by atoms with Crippen LogP contribution in [0.5, 0.6) is 0 Å². The van der Waals surface area contributed by atoms with Crippen molar-refractivity contribution >= 4 is 0 Å². The van der Waals surface area contributed by atoms with Crippen molar-refractivity contribution in [3.8, 4) is 0 Å². The molecule has 1 aliphatic heterocycles. The normalized spacial score (nSPS) is 18.4. The van der Waals surface area contributed by atoms with Gasteiger partial charge in [0, 0.05) is 26.2 Å². The summed E-state index contributed by atoms with van der Waals surface area (Å²) in [6, 6.07) is 7.91. The molecule has 0 aromatic heterocycles. The highest BCUT2D eigenvalue weighted by atomic mass is 19.4. The van der Waals surface area contributed by atoms with Crippen molar-refractivity contribution in [1.82, 2.24) is 4.90 Å². The summed E-state index contributed by atoms with van der Waals surface area (Å²) < 4.78 is 38.0. The standard InChI is InChI=1S/C13H17F3N2/c14-13(15,16)12(7-17)9-18-6-5-10-3-1-2-4-11(10)8-18/h1-4,12H,5-9,17H2. The fourth-order valence-electron chi connectivity index (χ4n) is 2.33. The molecule has 1 aromatic carbocycles. The highest BCUT2D eigenvalue weighted by Crippen LogP contribution is 2.28. The Bertz CT molecular complexity index is 403. The number of benzene rings is 1. The number of rotatable bonds is 3. The Morgan fingerprint density at radius 2 is 1.89 bits per heavy atom. The number of nitrogens with two attached hydrogens (primary N) is 1. The summed E-state index contributed by atoms with van der Waals surface area (Å²) in [7, 11) is 0. The fraction of sp³-hybridized carbons (Fsp3) is 0.538. The maximum Gasteiger partial charge on any atom is 0.394 e. The van der Waals surface area contributed by atoms with Crippen LogP contribution in [-0.4, -0.2) is 30.7 Å². The summed E-state index contributed by atoms with van der Waals surface area (Å²) in [5.41, 5.74) is 7.59. The molecule has 1 aromatic rings. The van der Waals surface area contributed by atoms with Crippen molar-refractivity contribution in [2.45, 2.75) is 19.1 Å². The lowest BCUT2D eigenvalue weighted by Crippen LogP contribution is -2.42. The molecule has 0 radical (unpaired) electrons. The van der Waals surface area contributed by atoms with Crippen LogP contribution in [0.1, 0.15) is 11.1 Å². The van der Waals surface area contributed by atoms with Gasteiger partial charge in [-0.15, -0.1) is 0 Å². The number of hydrogen-bond donors (Lipinski definition) is 1. The molecular weight excluding hydrogens is 241 g/mol. The van der Waals surface area contributed by atoms with E-state index in [4.69, 9.17) is 5.73 Å². The van der Waals surface area contributed by atoms with Gasteiger partial charge in [0.15, 0.2) is 0 Å². The zero-order chi connectivity index (χ0) is 13.2. The Hall–Kier alpha value is -1.07. The summed E-state index contributed by atoms with van der Waals surface area (Å²) in [5, 5.41) is 0. The van der Waals surface area contributed by atoms with Crippen molar-refractivity contribution in [2.24, 2.45) is 11.7 Å². The maximum atomic E-state index is 12.7. The Morgan fingerprint density at radius 3 is 2.50 bits per heavy atom. The van der Waals surface area contributed by atoms with Crippen LogP contribution in [0.25, 0.3) is 0 Å². The van der Waals surface area contributed by atoms with E-state index in [0.717, 1.165) is 12.0 Å². The van der Waals surface area contributed by atoms with Crippen LogP contribution in [0.4, 0.5) is 13.2 Å².